The molecule has 28 heavy (non-hydrogen) atoms. The molecule has 1 N–H and O–H groups in total. The topological polar surface area (TPSA) is 49.4 Å². The molecule has 2 aromatic rings. The number of nitrogens with zero attached hydrogens (tertiary/aromatic N) is 1. The van der Waals surface area contributed by atoms with E-state index in [0.717, 1.165) is 24.9 Å². The maximum absolute atomic E-state index is 14.1. The highest BCUT2D eigenvalue weighted by Crippen LogP contribution is 2.25. The van der Waals surface area contributed by atoms with Crippen molar-refractivity contribution in [1.29, 1.82) is 0 Å². The van der Waals surface area contributed by atoms with Crippen LogP contribution < -0.4 is 5.32 Å². The van der Waals surface area contributed by atoms with Crippen LogP contribution >= 0.6 is 11.8 Å². The number of likely N-dealkylation sites (tertiary alicyclic amines) is 1. The summed E-state index contributed by atoms with van der Waals surface area (Å²) >= 11 is 1.14. The number of amides is 1. The fraction of sp³-hybridized carbons (Fsp3) is 0.364. The maximum atomic E-state index is 14.1. The summed E-state index contributed by atoms with van der Waals surface area (Å²) < 4.78 is 14.1. The number of nitrogens with one attached hydrogen (secondary N) is 1. The zero-order valence-corrected chi connectivity index (χ0v) is 16.8. The lowest BCUT2D eigenvalue weighted by molar-refractivity contribution is -0.118. The lowest BCUT2D eigenvalue weighted by atomic mass is 10.1. The van der Waals surface area contributed by atoms with Crippen LogP contribution in [0.4, 0.5) is 4.39 Å². The summed E-state index contributed by atoms with van der Waals surface area (Å²) in [5.74, 6) is -0.635. The van der Waals surface area contributed by atoms with Crippen LogP contribution in [0.5, 0.6) is 0 Å². The highest BCUT2D eigenvalue weighted by Gasteiger charge is 2.23. The minimum atomic E-state index is -0.468. The minimum Gasteiger partial charge on any atom is -0.353 e. The largest absolute Gasteiger partial charge is 0.353 e. The Morgan fingerprint density at radius 2 is 1.86 bits per heavy atom. The number of thioether (sulfide) groups is 1. The molecule has 6 heteroatoms. The molecule has 0 aromatic heterocycles. The molecule has 1 saturated heterocycles. The third-order valence-electron chi connectivity index (χ3n) is 4.96. The number of ketones is 1. The van der Waals surface area contributed by atoms with Gasteiger partial charge >= 0.3 is 0 Å². The number of hydrogen-bond acceptors (Lipinski definition) is 4. The molecule has 3 rings (SSSR count). The molecule has 148 valence electrons. The number of hydrogen-bond donors (Lipinski definition) is 1. The van der Waals surface area contributed by atoms with Gasteiger partial charge in [-0.05, 0) is 50.6 Å². The van der Waals surface area contributed by atoms with Crippen molar-refractivity contribution in [2.45, 2.75) is 30.7 Å². The van der Waals surface area contributed by atoms with E-state index in [2.05, 4.69) is 22.3 Å². The van der Waals surface area contributed by atoms with Crippen molar-refractivity contribution in [2.24, 2.45) is 0 Å². The molecule has 0 saturated carbocycles. The van der Waals surface area contributed by atoms with E-state index in [1.807, 2.05) is 18.2 Å². The smallest absolute Gasteiger partial charge is 0.230 e. The van der Waals surface area contributed by atoms with Crippen LogP contribution in [0, 0.1) is 5.82 Å². The highest BCUT2D eigenvalue weighted by molar-refractivity contribution is 8.00. The van der Waals surface area contributed by atoms with Crippen LogP contribution in [0.25, 0.3) is 0 Å². The van der Waals surface area contributed by atoms with Crippen LogP contribution in [-0.2, 0) is 4.79 Å². The molecule has 0 aliphatic carbocycles. The Morgan fingerprint density at radius 1 is 1.14 bits per heavy atom. The van der Waals surface area contributed by atoms with Gasteiger partial charge in [-0.25, -0.2) is 4.39 Å². The van der Waals surface area contributed by atoms with Gasteiger partial charge < -0.3 is 5.32 Å². The van der Waals surface area contributed by atoms with Gasteiger partial charge in [-0.3, -0.25) is 14.5 Å². The van der Waals surface area contributed by atoms with Crippen molar-refractivity contribution in [3.05, 3.63) is 65.5 Å². The Labute approximate surface area is 169 Å². The lowest BCUT2D eigenvalue weighted by Gasteiger charge is -2.28. The Kier molecular flexibility index (Phi) is 7.23. The summed E-state index contributed by atoms with van der Waals surface area (Å²) in [5.41, 5.74) is 1.53. The second-order valence-electron chi connectivity index (χ2n) is 6.96. The van der Waals surface area contributed by atoms with Crippen molar-refractivity contribution in [3.63, 3.8) is 0 Å². The van der Waals surface area contributed by atoms with Gasteiger partial charge in [-0.15, -0.1) is 11.8 Å². The molecule has 1 fully saturated rings. The average molecular weight is 401 g/mol. The van der Waals surface area contributed by atoms with Crippen molar-refractivity contribution in [1.82, 2.24) is 10.2 Å². The van der Waals surface area contributed by atoms with Crippen LogP contribution in [-0.4, -0.2) is 42.0 Å². The SMILES string of the molecule is CC(=O)c1ccc(SCC(=O)NCC(c2ccccc2)N2CCCC2)c(F)c1. The van der Waals surface area contributed by atoms with Gasteiger partial charge in [0.05, 0.1) is 11.8 Å². The van der Waals surface area contributed by atoms with E-state index >= 15 is 0 Å². The van der Waals surface area contributed by atoms with Crippen LogP contribution in [0.2, 0.25) is 0 Å². The van der Waals surface area contributed by atoms with E-state index in [-0.39, 0.29) is 23.5 Å². The van der Waals surface area contributed by atoms with Crippen molar-refractivity contribution in [2.75, 3.05) is 25.4 Å². The van der Waals surface area contributed by atoms with Crippen LogP contribution in [0.3, 0.4) is 0 Å². The molecular formula is C22H25FN2O2S. The normalized spacial score (nSPS) is 15.4. The Morgan fingerprint density at radius 3 is 2.50 bits per heavy atom. The van der Waals surface area contributed by atoms with Gasteiger partial charge in [0, 0.05) is 17.0 Å². The van der Waals surface area contributed by atoms with Crippen molar-refractivity contribution >= 4 is 23.5 Å². The lowest BCUT2D eigenvalue weighted by Crippen LogP contribution is -2.37. The fourth-order valence-electron chi connectivity index (χ4n) is 3.43. The molecule has 0 radical (unpaired) electrons. The molecule has 1 atom stereocenters. The van der Waals surface area contributed by atoms with Gasteiger partial charge in [0.1, 0.15) is 5.82 Å². The number of rotatable bonds is 8. The van der Waals surface area contributed by atoms with E-state index < -0.39 is 5.82 Å². The summed E-state index contributed by atoms with van der Waals surface area (Å²) in [6, 6.07) is 14.7. The first-order valence-corrected chi connectivity index (χ1v) is 10.5. The number of carbonyl (C=O) groups excluding carboxylic acids is 2. The maximum Gasteiger partial charge on any atom is 0.230 e. The predicted octanol–water partition coefficient (Wildman–Crippen LogP) is 4.07. The number of Topliss-reactive ketones (excluding diaryl/α,β-unsaturated/α-hetero) is 1. The molecule has 1 amide bonds. The summed E-state index contributed by atoms with van der Waals surface area (Å²) in [6.07, 6.45) is 2.37. The Hall–Kier alpha value is -2.18. The fourth-order valence-corrected chi connectivity index (χ4v) is 4.18. The number of benzene rings is 2. The average Bonchev–Trinajstić information content (AvgIpc) is 3.22. The van der Waals surface area contributed by atoms with Gasteiger partial charge in [0.15, 0.2) is 5.78 Å². The van der Waals surface area contributed by atoms with E-state index in [9.17, 15) is 14.0 Å². The molecule has 1 heterocycles. The van der Waals surface area contributed by atoms with Crippen molar-refractivity contribution in [3.8, 4) is 0 Å². The molecular weight excluding hydrogens is 375 g/mol. The highest BCUT2D eigenvalue weighted by atomic mass is 32.2. The Bertz CT molecular complexity index is 823. The monoisotopic (exact) mass is 400 g/mol. The van der Waals surface area contributed by atoms with Gasteiger partial charge in [-0.1, -0.05) is 36.4 Å². The quantitative estimate of drug-likeness (QED) is 0.536. The molecule has 0 bridgehead atoms. The third kappa shape index (κ3) is 5.42. The second-order valence-corrected chi connectivity index (χ2v) is 7.98. The van der Waals surface area contributed by atoms with E-state index in [4.69, 9.17) is 0 Å². The first-order chi connectivity index (χ1) is 13.5. The molecule has 1 aliphatic rings. The van der Waals surface area contributed by atoms with Crippen LogP contribution in [0.15, 0.2) is 53.4 Å². The van der Waals surface area contributed by atoms with Gasteiger partial charge in [-0.2, -0.15) is 0 Å². The summed E-state index contributed by atoms with van der Waals surface area (Å²) in [5, 5.41) is 3.00. The molecule has 4 nitrogen and oxygen atoms in total. The minimum absolute atomic E-state index is 0.125. The van der Waals surface area contributed by atoms with Crippen LogP contribution in [0.1, 0.15) is 41.7 Å². The standard InChI is InChI=1S/C22H25FN2O2S/c1-16(26)18-9-10-21(19(23)13-18)28-15-22(27)24-14-20(25-11-5-6-12-25)17-7-3-2-4-8-17/h2-4,7-10,13,20H,5-6,11-12,14-15H2,1H3,(H,24,27). The zero-order valence-electron chi connectivity index (χ0n) is 16.0. The van der Waals surface area contributed by atoms with Crippen molar-refractivity contribution < 1.29 is 14.0 Å². The van der Waals surface area contributed by atoms with E-state index in [0.29, 0.717) is 17.0 Å². The third-order valence-corrected chi connectivity index (χ3v) is 6.00. The number of carbonyl (C=O) groups is 2. The van der Waals surface area contributed by atoms with Gasteiger partial charge in [0.2, 0.25) is 5.91 Å². The molecule has 1 aliphatic heterocycles. The second kappa shape index (κ2) is 9.85. The molecule has 2 aromatic carbocycles. The predicted molar refractivity (Wildman–Crippen MR) is 110 cm³/mol. The molecule has 1 unspecified atom stereocenters. The summed E-state index contributed by atoms with van der Waals surface area (Å²) in [4.78, 5) is 26.4. The Balaban J connectivity index is 1.55. The van der Waals surface area contributed by atoms with Gasteiger partial charge in [0.25, 0.3) is 0 Å². The first kappa shape index (κ1) is 20.6. The van der Waals surface area contributed by atoms with E-state index in [1.54, 1.807) is 12.1 Å². The molecule has 0 spiro atoms. The number of halogens is 1. The zero-order chi connectivity index (χ0) is 19.9. The van der Waals surface area contributed by atoms with E-state index in [1.165, 1.54) is 31.4 Å². The summed E-state index contributed by atoms with van der Waals surface area (Å²) in [7, 11) is 0. The summed E-state index contributed by atoms with van der Waals surface area (Å²) in [6.45, 7) is 4.02. The first-order valence-electron chi connectivity index (χ1n) is 9.53.